The predicted octanol–water partition coefficient (Wildman–Crippen LogP) is 8.60. The highest BCUT2D eigenvalue weighted by atomic mass is 19.4. The van der Waals surface area contributed by atoms with Gasteiger partial charge < -0.3 is 14.6 Å². The first kappa shape index (κ1) is 34.3. The zero-order chi connectivity index (χ0) is 35.1. The van der Waals surface area contributed by atoms with Crippen molar-refractivity contribution in [1.29, 1.82) is 0 Å². The Morgan fingerprint density at radius 3 is 2.24 bits per heavy atom. The molecule has 0 saturated carbocycles. The lowest BCUT2D eigenvalue weighted by atomic mass is 9.69. The highest BCUT2D eigenvalue weighted by Crippen LogP contribution is 2.51. The number of para-hydroxylation sites is 1. The van der Waals surface area contributed by atoms with E-state index in [0.717, 1.165) is 28.7 Å². The minimum absolute atomic E-state index is 0.0326. The minimum atomic E-state index is -5.15. The van der Waals surface area contributed by atoms with E-state index in [2.05, 4.69) is 0 Å². The van der Waals surface area contributed by atoms with E-state index in [1.54, 1.807) is 42.5 Å². The second-order valence-corrected chi connectivity index (χ2v) is 12.5. The maximum Gasteiger partial charge on any atom is 0.416 e. The summed E-state index contributed by atoms with van der Waals surface area (Å²) in [6.45, 7) is 2.12. The van der Waals surface area contributed by atoms with Crippen molar-refractivity contribution < 1.29 is 50.5 Å². The van der Waals surface area contributed by atoms with Gasteiger partial charge in [0.2, 0.25) is 11.8 Å². The lowest BCUT2D eigenvalue weighted by Gasteiger charge is -2.31. The number of hydrogen-bond donors (Lipinski definition) is 1. The Labute approximate surface area is 278 Å². The molecule has 3 aromatic carbocycles. The number of ether oxygens (including phenoxy) is 2. The van der Waals surface area contributed by atoms with Crippen molar-refractivity contribution in [2.75, 3.05) is 18.1 Å². The van der Waals surface area contributed by atoms with Crippen molar-refractivity contribution >= 4 is 23.6 Å². The molecule has 258 valence electrons. The van der Waals surface area contributed by atoms with Crippen LogP contribution in [-0.2, 0) is 26.7 Å². The SMILES string of the molecule is CC/C(=C\c1cccc(O)c1)CC[C@H]1OC[C@H]2C1=C(COc1ccccc1)C[C@H]1C(=O)N(c3cc(C(F)(F)F)cc(C(F)(F)F)c3)C(=O)[C@H]12. The molecule has 49 heavy (non-hydrogen) atoms. The lowest BCUT2D eigenvalue weighted by molar-refractivity contribution is -0.143. The van der Waals surface area contributed by atoms with Gasteiger partial charge in [-0.3, -0.25) is 9.59 Å². The molecule has 2 fully saturated rings. The van der Waals surface area contributed by atoms with Gasteiger partial charge in [0, 0.05) is 5.92 Å². The second kappa shape index (κ2) is 13.4. The molecular weight excluding hydrogens is 652 g/mol. The number of carbonyl (C=O) groups excluding carboxylic acids is 2. The molecule has 3 aromatic rings. The zero-order valence-electron chi connectivity index (χ0n) is 26.4. The van der Waals surface area contributed by atoms with E-state index < -0.39 is 64.8 Å². The molecule has 6 nitrogen and oxygen atoms in total. The summed E-state index contributed by atoms with van der Waals surface area (Å²) in [5, 5.41) is 9.88. The molecule has 0 bridgehead atoms. The summed E-state index contributed by atoms with van der Waals surface area (Å²) in [6.07, 6.45) is -6.88. The van der Waals surface area contributed by atoms with Crippen LogP contribution < -0.4 is 9.64 Å². The van der Waals surface area contributed by atoms with Gasteiger partial charge in [-0.15, -0.1) is 0 Å². The number of phenolic OH excluding ortho intramolecular Hbond substituents is 1. The van der Waals surface area contributed by atoms with E-state index in [0.29, 0.717) is 35.6 Å². The van der Waals surface area contributed by atoms with E-state index in [1.165, 1.54) is 0 Å². The smallest absolute Gasteiger partial charge is 0.416 e. The molecule has 1 aliphatic carbocycles. The number of rotatable bonds is 9. The predicted molar refractivity (Wildman–Crippen MR) is 168 cm³/mol. The fourth-order valence-electron chi connectivity index (χ4n) is 7.13. The molecule has 2 aliphatic heterocycles. The molecule has 0 spiro atoms. The minimum Gasteiger partial charge on any atom is -0.508 e. The van der Waals surface area contributed by atoms with E-state index in [1.807, 2.05) is 25.1 Å². The first-order valence-electron chi connectivity index (χ1n) is 15.9. The number of amides is 2. The Hall–Kier alpha value is -4.58. The molecule has 1 N–H and O–H groups in total. The molecule has 12 heteroatoms. The third-order valence-corrected chi connectivity index (χ3v) is 9.42. The van der Waals surface area contributed by atoms with Crippen molar-refractivity contribution in [3.05, 3.63) is 106 Å². The molecule has 2 heterocycles. The summed E-state index contributed by atoms with van der Waals surface area (Å²) in [4.78, 5) is 28.3. The van der Waals surface area contributed by atoms with Gasteiger partial charge in [0.1, 0.15) is 18.1 Å². The third kappa shape index (κ3) is 7.10. The van der Waals surface area contributed by atoms with Crippen LogP contribution in [0, 0.1) is 17.8 Å². The molecule has 0 aromatic heterocycles. The standard InChI is InChI=1S/C37H33F6NO5/c1-2-21(13-22-7-6-8-27(45)14-22)11-12-31-32-23(19-48-28-9-4-3-5-10-28)15-29-33(30(32)20-49-31)35(47)44(34(29)46)26-17-24(36(38,39)40)16-25(18-26)37(41,42)43/h3-10,13-14,16-18,29-31,33,45H,2,11-12,15,19-20H2,1H3/b21-13+/t29-,30+,31-,33-/m1/s1. The van der Waals surface area contributed by atoms with E-state index in [4.69, 9.17) is 9.47 Å². The number of allylic oxidation sites excluding steroid dienone is 1. The molecular formula is C37H33F6NO5. The van der Waals surface area contributed by atoms with Gasteiger partial charge in [-0.05, 0) is 84.9 Å². The Bertz CT molecular complexity index is 1770. The Kier molecular flexibility index (Phi) is 9.36. The highest BCUT2D eigenvalue weighted by Gasteiger charge is 2.57. The molecule has 0 unspecified atom stereocenters. The van der Waals surface area contributed by atoms with Gasteiger partial charge >= 0.3 is 12.4 Å². The van der Waals surface area contributed by atoms with Crippen molar-refractivity contribution in [2.24, 2.45) is 17.8 Å². The van der Waals surface area contributed by atoms with Gasteiger partial charge in [-0.25, -0.2) is 4.90 Å². The fourth-order valence-corrected chi connectivity index (χ4v) is 7.13. The van der Waals surface area contributed by atoms with Crippen LogP contribution in [0.3, 0.4) is 0 Å². The number of aromatic hydroxyl groups is 1. The quantitative estimate of drug-likeness (QED) is 0.139. The van der Waals surface area contributed by atoms with E-state index in [-0.39, 0.29) is 31.5 Å². The maximum atomic E-state index is 14.0. The largest absolute Gasteiger partial charge is 0.508 e. The van der Waals surface area contributed by atoms with Gasteiger partial charge in [0.15, 0.2) is 0 Å². The van der Waals surface area contributed by atoms with Crippen LogP contribution in [0.1, 0.15) is 49.3 Å². The van der Waals surface area contributed by atoms with Gasteiger partial charge in [-0.2, -0.15) is 26.3 Å². The van der Waals surface area contributed by atoms with Crippen LogP contribution in [0.2, 0.25) is 0 Å². The molecule has 3 aliphatic rings. The van der Waals surface area contributed by atoms with Gasteiger partial charge in [0.25, 0.3) is 0 Å². The second-order valence-electron chi connectivity index (χ2n) is 12.5. The number of benzene rings is 3. The number of nitrogens with zero attached hydrogens (tertiary/aromatic N) is 1. The zero-order valence-corrected chi connectivity index (χ0v) is 26.4. The van der Waals surface area contributed by atoms with Crippen molar-refractivity contribution in [2.45, 2.75) is 51.1 Å². The van der Waals surface area contributed by atoms with Gasteiger partial charge in [-0.1, -0.05) is 48.9 Å². The van der Waals surface area contributed by atoms with Crippen LogP contribution in [0.15, 0.2) is 89.5 Å². The highest BCUT2D eigenvalue weighted by molar-refractivity contribution is 6.22. The fraction of sp³-hybridized carbons (Fsp3) is 0.351. The van der Waals surface area contributed by atoms with Crippen molar-refractivity contribution in [3.8, 4) is 11.5 Å². The maximum absolute atomic E-state index is 14.0. The van der Waals surface area contributed by atoms with Crippen molar-refractivity contribution in [1.82, 2.24) is 0 Å². The lowest BCUT2D eigenvalue weighted by Crippen LogP contribution is -2.35. The summed E-state index contributed by atoms with van der Waals surface area (Å²) in [6, 6.07) is 16.6. The van der Waals surface area contributed by atoms with Crippen LogP contribution in [0.25, 0.3) is 6.08 Å². The van der Waals surface area contributed by atoms with Crippen LogP contribution in [0.4, 0.5) is 32.0 Å². The Balaban J connectivity index is 1.32. The van der Waals surface area contributed by atoms with E-state index in [9.17, 15) is 41.0 Å². The van der Waals surface area contributed by atoms with Gasteiger partial charge in [0.05, 0.1) is 41.4 Å². The summed E-state index contributed by atoms with van der Waals surface area (Å²) in [7, 11) is 0. The number of hydrogen-bond acceptors (Lipinski definition) is 5. The number of fused-ring (bicyclic) bond motifs is 3. The van der Waals surface area contributed by atoms with Crippen LogP contribution >= 0.6 is 0 Å². The van der Waals surface area contributed by atoms with Crippen molar-refractivity contribution in [3.63, 3.8) is 0 Å². The summed E-state index contributed by atoms with van der Waals surface area (Å²) < 4.78 is 94.5. The van der Waals surface area contributed by atoms with Crippen LogP contribution in [-0.4, -0.2) is 36.2 Å². The number of anilines is 1. The molecule has 0 radical (unpaired) electrons. The summed E-state index contributed by atoms with van der Waals surface area (Å²) in [5.74, 6) is -3.66. The molecule has 4 atom stereocenters. The Morgan fingerprint density at radius 2 is 1.61 bits per heavy atom. The average Bonchev–Trinajstić information content (AvgIpc) is 3.59. The molecule has 2 amide bonds. The number of halogens is 6. The third-order valence-electron chi connectivity index (χ3n) is 9.42. The monoisotopic (exact) mass is 685 g/mol. The first-order chi connectivity index (χ1) is 23.2. The number of alkyl halides is 6. The Morgan fingerprint density at radius 1 is 0.918 bits per heavy atom. The molecule has 6 rings (SSSR count). The number of imide groups is 1. The summed E-state index contributed by atoms with van der Waals surface area (Å²) in [5.41, 5.74) is -0.579. The average molecular weight is 686 g/mol. The van der Waals surface area contributed by atoms with Crippen LogP contribution in [0.5, 0.6) is 11.5 Å². The summed E-state index contributed by atoms with van der Waals surface area (Å²) >= 11 is 0. The normalized spacial score (nSPS) is 22.8. The molecule has 2 saturated heterocycles. The topological polar surface area (TPSA) is 76.1 Å². The number of phenols is 1. The number of carbonyl (C=O) groups is 2. The first-order valence-corrected chi connectivity index (χ1v) is 15.9. The van der Waals surface area contributed by atoms with E-state index >= 15 is 0 Å².